The van der Waals surface area contributed by atoms with Crippen molar-refractivity contribution in [3.63, 3.8) is 0 Å². The molecule has 190 valence electrons. The Hall–Kier alpha value is -2.80. The highest BCUT2D eigenvalue weighted by Gasteiger charge is 2.46. The number of hydrogen-bond donors (Lipinski definition) is 2. The van der Waals surface area contributed by atoms with Gasteiger partial charge in [-0.1, -0.05) is 23.7 Å². The summed E-state index contributed by atoms with van der Waals surface area (Å²) in [6, 6.07) is 13.6. The van der Waals surface area contributed by atoms with Crippen LogP contribution in [0.1, 0.15) is 6.42 Å². The van der Waals surface area contributed by atoms with Crippen molar-refractivity contribution in [3.05, 3.63) is 53.7 Å². The number of nitrogens with one attached hydrogen (secondary N) is 2. The summed E-state index contributed by atoms with van der Waals surface area (Å²) < 4.78 is 18.5. The summed E-state index contributed by atoms with van der Waals surface area (Å²) in [5, 5.41) is 7.60. The molecule has 2 aliphatic heterocycles. The van der Waals surface area contributed by atoms with Gasteiger partial charge in [0.15, 0.2) is 5.82 Å². The molecule has 0 aliphatic carbocycles. The largest absolute Gasteiger partial charge is 0.494 e. The van der Waals surface area contributed by atoms with Crippen molar-refractivity contribution < 1.29 is 9.30 Å². The number of hydrogen-bond acceptors (Lipinski definition) is 8. The number of methoxy groups -OCH3 is 1. The molecule has 10 heteroatoms. The molecule has 3 aromatic rings. The molecule has 0 bridgehead atoms. The summed E-state index contributed by atoms with van der Waals surface area (Å²) in [5.74, 6) is 1.52. The Bertz CT molecular complexity index is 1320. The molecule has 1 aromatic heterocycles. The van der Waals surface area contributed by atoms with Crippen LogP contribution in [0.25, 0.3) is 0 Å². The lowest BCUT2D eigenvalue weighted by Crippen LogP contribution is -2.55. The minimum atomic E-state index is -2.50. The van der Waals surface area contributed by atoms with E-state index in [1.165, 1.54) is 19.5 Å². The molecule has 0 amide bonds. The smallest absolute Gasteiger partial charge is 0.229 e. The van der Waals surface area contributed by atoms with Gasteiger partial charge in [-0.15, -0.1) is 0 Å². The lowest BCUT2D eigenvalue weighted by molar-refractivity contribution is 0.0424. The lowest BCUT2D eigenvalue weighted by Gasteiger charge is -2.46. The Morgan fingerprint density at radius 3 is 2.58 bits per heavy atom. The summed E-state index contributed by atoms with van der Waals surface area (Å²) in [6.07, 6.45) is 2.77. The Morgan fingerprint density at radius 2 is 1.86 bits per heavy atom. The third kappa shape index (κ3) is 5.03. The van der Waals surface area contributed by atoms with Crippen molar-refractivity contribution in [1.29, 1.82) is 0 Å². The van der Waals surface area contributed by atoms with Crippen LogP contribution in [-0.2, 0) is 4.57 Å². The van der Waals surface area contributed by atoms with E-state index < -0.39 is 7.14 Å². The van der Waals surface area contributed by atoms with Gasteiger partial charge in [0.05, 0.1) is 24.7 Å². The monoisotopic (exact) mass is 526 g/mol. The lowest BCUT2D eigenvalue weighted by atomic mass is 9.79. The molecule has 5 rings (SSSR count). The van der Waals surface area contributed by atoms with Crippen LogP contribution in [0.5, 0.6) is 5.75 Å². The van der Waals surface area contributed by atoms with E-state index in [0.29, 0.717) is 27.9 Å². The van der Waals surface area contributed by atoms with Crippen molar-refractivity contribution in [2.45, 2.75) is 6.42 Å². The second-order valence-corrected chi connectivity index (χ2v) is 13.8. The number of halogens is 1. The number of nitrogens with zero attached hydrogens (tertiary/aromatic N) is 4. The van der Waals surface area contributed by atoms with E-state index in [4.69, 9.17) is 16.3 Å². The molecule has 1 spiro atoms. The van der Waals surface area contributed by atoms with Crippen molar-refractivity contribution in [2.75, 3.05) is 69.2 Å². The van der Waals surface area contributed by atoms with Crippen molar-refractivity contribution in [2.24, 2.45) is 5.41 Å². The van der Waals surface area contributed by atoms with Gasteiger partial charge in [0.1, 0.15) is 17.9 Å². The molecule has 36 heavy (non-hydrogen) atoms. The van der Waals surface area contributed by atoms with E-state index in [1.807, 2.05) is 30.3 Å². The number of benzene rings is 2. The minimum Gasteiger partial charge on any atom is -0.494 e. The molecular weight excluding hydrogens is 495 g/mol. The van der Waals surface area contributed by atoms with Gasteiger partial charge >= 0.3 is 0 Å². The molecule has 2 fully saturated rings. The highest BCUT2D eigenvalue weighted by Crippen LogP contribution is 2.42. The Balaban J connectivity index is 1.35. The van der Waals surface area contributed by atoms with Gasteiger partial charge in [0.25, 0.3) is 0 Å². The van der Waals surface area contributed by atoms with E-state index in [2.05, 4.69) is 49.6 Å². The number of ether oxygens (including phenoxy) is 1. The first-order chi connectivity index (χ1) is 17.2. The number of likely N-dealkylation sites (tertiary alicyclic amines) is 1. The fraction of sp³-hybridized carbons (Fsp3) is 0.385. The Labute approximate surface area is 217 Å². The average Bonchev–Trinajstić information content (AvgIpc) is 3.26. The van der Waals surface area contributed by atoms with Crippen LogP contribution in [0.4, 0.5) is 28.8 Å². The van der Waals surface area contributed by atoms with Gasteiger partial charge in [-0.05, 0) is 51.1 Å². The molecule has 2 aromatic carbocycles. The zero-order chi connectivity index (χ0) is 25.5. The number of anilines is 5. The predicted octanol–water partition coefficient (Wildman–Crippen LogP) is 5.02. The van der Waals surface area contributed by atoms with Crippen molar-refractivity contribution >= 4 is 52.9 Å². The van der Waals surface area contributed by atoms with Gasteiger partial charge < -0.3 is 29.7 Å². The fourth-order valence-corrected chi connectivity index (χ4v) is 6.60. The van der Waals surface area contributed by atoms with Crippen LogP contribution in [0.2, 0.25) is 5.02 Å². The standard InChI is InChI=1S/C26H32ClN6O2P/c1-32-15-26(16-32)11-12-33(17-26)18-9-10-20(22(13-18)35-2)30-25-28-14-19(27)24(31-25)29-21-7-5-6-8-23(21)36(3,4)34/h5-10,13-14H,11-12,15-17H2,1-4H3,(H2,28,29,30,31). The highest BCUT2D eigenvalue weighted by molar-refractivity contribution is 7.70. The van der Waals surface area contributed by atoms with Crippen LogP contribution >= 0.6 is 18.7 Å². The molecule has 2 saturated heterocycles. The number of aromatic nitrogens is 2. The van der Waals surface area contributed by atoms with Crippen LogP contribution in [-0.4, -0.2) is 68.5 Å². The molecule has 0 saturated carbocycles. The second-order valence-electron chi connectivity index (χ2n) is 10.2. The number of para-hydroxylation sites is 1. The topological polar surface area (TPSA) is 82.6 Å². The third-order valence-corrected chi connectivity index (χ3v) is 8.75. The summed E-state index contributed by atoms with van der Waals surface area (Å²) in [5.41, 5.74) is 3.06. The number of rotatable bonds is 7. The van der Waals surface area contributed by atoms with Gasteiger partial charge in [0, 0.05) is 48.7 Å². The first-order valence-corrected chi connectivity index (χ1v) is 15.0. The van der Waals surface area contributed by atoms with E-state index in [0.717, 1.165) is 35.5 Å². The summed E-state index contributed by atoms with van der Waals surface area (Å²) >= 11 is 6.40. The molecule has 0 atom stereocenters. The second kappa shape index (κ2) is 9.58. The average molecular weight is 527 g/mol. The van der Waals surface area contributed by atoms with Gasteiger partial charge in [-0.2, -0.15) is 4.98 Å². The van der Waals surface area contributed by atoms with Crippen molar-refractivity contribution in [1.82, 2.24) is 14.9 Å². The minimum absolute atomic E-state index is 0.365. The zero-order valence-corrected chi connectivity index (χ0v) is 22.7. The van der Waals surface area contributed by atoms with Crippen molar-refractivity contribution in [3.8, 4) is 5.75 Å². The molecule has 2 N–H and O–H groups in total. The molecular formula is C26H32ClN6O2P. The van der Waals surface area contributed by atoms with Gasteiger partial charge in [-0.25, -0.2) is 4.98 Å². The highest BCUT2D eigenvalue weighted by atomic mass is 35.5. The summed E-state index contributed by atoms with van der Waals surface area (Å²) in [4.78, 5) is 13.8. The zero-order valence-electron chi connectivity index (χ0n) is 21.1. The molecule has 2 aliphatic rings. The van der Waals surface area contributed by atoms with E-state index in [-0.39, 0.29) is 0 Å². The molecule has 0 unspecified atom stereocenters. The maximum Gasteiger partial charge on any atom is 0.229 e. The van der Waals surface area contributed by atoms with Crippen LogP contribution in [0, 0.1) is 5.41 Å². The first kappa shape index (κ1) is 24.9. The fourth-order valence-electron chi connectivity index (χ4n) is 5.30. The van der Waals surface area contributed by atoms with Crippen LogP contribution < -0.4 is 25.6 Å². The third-order valence-electron chi connectivity index (χ3n) is 6.93. The SMILES string of the molecule is COc1cc(N2CCC3(CN(C)C3)C2)ccc1Nc1ncc(Cl)c(Nc2ccccc2P(C)(C)=O)n1. The molecule has 3 heterocycles. The molecule has 8 nitrogen and oxygen atoms in total. The van der Waals surface area contributed by atoms with Gasteiger partial charge in [-0.3, -0.25) is 0 Å². The maximum absolute atomic E-state index is 12.7. The summed E-state index contributed by atoms with van der Waals surface area (Å²) in [7, 11) is 1.35. The van der Waals surface area contributed by atoms with E-state index >= 15 is 0 Å². The molecule has 0 radical (unpaired) electrons. The predicted molar refractivity (Wildman–Crippen MR) is 149 cm³/mol. The quantitative estimate of drug-likeness (QED) is 0.415. The Kier molecular flexibility index (Phi) is 6.62. The van der Waals surface area contributed by atoms with E-state index in [9.17, 15) is 4.57 Å². The van der Waals surface area contributed by atoms with Crippen LogP contribution in [0.15, 0.2) is 48.7 Å². The normalized spacial score (nSPS) is 17.2. The van der Waals surface area contributed by atoms with Gasteiger partial charge in [0.2, 0.25) is 5.95 Å². The first-order valence-electron chi connectivity index (χ1n) is 12.0. The summed E-state index contributed by atoms with van der Waals surface area (Å²) in [6.45, 7) is 7.96. The van der Waals surface area contributed by atoms with Crippen LogP contribution in [0.3, 0.4) is 0 Å². The Morgan fingerprint density at radius 1 is 1.08 bits per heavy atom. The van der Waals surface area contributed by atoms with E-state index in [1.54, 1.807) is 26.6 Å². The maximum atomic E-state index is 12.7.